The lowest BCUT2D eigenvalue weighted by Gasteiger charge is -2.31. The summed E-state index contributed by atoms with van der Waals surface area (Å²) in [6.45, 7) is 4.79. The van der Waals surface area contributed by atoms with E-state index in [9.17, 15) is 9.59 Å². The molecule has 0 unspecified atom stereocenters. The van der Waals surface area contributed by atoms with Gasteiger partial charge in [-0.1, -0.05) is 85.3 Å². The van der Waals surface area contributed by atoms with Gasteiger partial charge in [0.25, 0.3) is 5.91 Å². The average molecular weight is 445 g/mol. The van der Waals surface area contributed by atoms with Crippen LogP contribution in [-0.4, -0.2) is 35.9 Å². The Kier molecular flexibility index (Phi) is 9.07. The fourth-order valence-corrected chi connectivity index (χ4v) is 3.55. The smallest absolute Gasteiger partial charge is 0.261 e. The van der Waals surface area contributed by atoms with E-state index in [2.05, 4.69) is 5.32 Å². The Balaban J connectivity index is 1.87. The molecule has 0 spiro atoms. The molecule has 3 rings (SSSR count). The summed E-state index contributed by atoms with van der Waals surface area (Å²) in [7, 11) is 0. The number of amides is 2. The number of ether oxygens (including phenoxy) is 1. The number of nitrogens with zero attached hydrogens (tertiary/aromatic N) is 1. The Morgan fingerprint density at radius 2 is 1.52 bits per heavy atom. The maximum absolute atomic E-state index is 13.4. The van der Waals surface area contributed by atoms with Crippen LogP contribution in [0.4, 0.5) is 0 Å². The number of benzene rings is 3. The third-order valence-electron chi connectivity index (χ3n) is 5.40. The SMILES string of the molecule is CCCNC(=O)[C@H](Cc1ccccc1)N(Cc1ccc(C)cc1)C(=O)COc1ccccc1. The van der Waals surface area contributed by atoms with Gasteiger partial charge in [-0.3, -0.25) is 9.59 Å². The van der Waals surface area contributed by atoms with E-state index in [0.717, 1.165) is 23.1 Å². The minimum Gasteiger partial charge on any atom is -0.484 e. The molecule has 0 saturated heterocycles. The van der Waals surface area contributed by atoms with Crippen LogP contribution in [0.1, 0.15) is 30.0 Å². The fraction of sp³-hybridized carbons (Fsp3) is 0.286. The van der Waals surface area contributed by atoms with Crippen molar-refractivity contribution in [2.75, 3.05) is 13.2 Å². The molecular weight excluding hydrogens is 412 g/mol. The molecule has 172 valence electrons. The normalized spacial score (nSPS) is 11.5. The van der Waals surface area contributed by atoms with Gasteiger partial charge in [-0.25, -0.2) is 0 Å². The zero-order valence-corrected chi connectivity index (χ0v) is 19.4. The van der Waals surface area contributed by atoms with Crippen molar-refractivity contribution in [3.8, 4) is 5.75 Å². The number of rotatable bonds is 11. The van der Waals surface area contributed by atoms with Crippen LogP contribution in [0.5, 0.6) is 5.75 Å². The summed E-state index contributed by atoms with van der Waals surface area (Å²) in [5.41, 5.74) is 3.11. The van der Waals surface area contributed by atoms with Crippen molar-refractivity contribution in [1.29, 1.82) is 0 Å². The Bertz CT molecular complexity index is 1000. The van der Waals surface area contributed by atoms with Gasteiger partial charge in [-0.15, -0.1) is 0 Å². The Morgan fingerprint density at radius 3 is 2.15 bits per heavy atom. The number of hydrogen-bond acceptors (Lipinski definition) is 3. The largest absolute Gasteiger partial charge is 0.484 e. The van der Waals surface area contributed by atoms with Crippen molar-refractivity contribution < 1.29 is 14.3 Å². The van der Waals surface area contributed by atoms with Gasteiger partial charge in [0, 0.05) is 19.5 Å². The summed E-state index contributed by atoms with van der Waals surface area (Å²) in [6, 6.07) is 26.4. The zero-order valence-electron chi connectivity index (χ0n) is 19.4. The van der Waals surface area contributed by atoms with Gasteiger partial charge >= 0.3 is 0 Å². The van der Waals surface area contributed by atoms with Gasteiger partial charge in [0.1, 0.15) is 11.8 Å². The van der Waals surface area contributed by atoms with E-state index in [1.165, 1.54) is 0 Å². The lowest BCUT2D eigenvalue weighted by molar-refractivity contribution is -0.142. The van der Waals surface area contributed by atoms with Crippen molar-refractivity contribution in [1.82, 2.24) is 10.2 Å². The highest BCUT2D eigenvalue weighted by atomic mass is 16.5. The van der Waals surface area contributed by atoms with Gasteiger partial charge in [0.15, 0.2) is 6.61 Å². The summed E-state index contributed by atoms with van der Waals surface area (Å²) in [6.07, 6.45) is 1.26. The summed E-state index contributed by atoms with van der Waals surface area (Å²) >= 11 is 0. The van der Waals surface area contributed by atoms with E-state index in [1.807, 2.05) is 98.8 Å². The van der Waals surface area contributed by atoms with Crippen LogP contribution in [0.2, 0.25) is 0 Å². The van der Waals surface area contributed by atoms with Gasteiger partial charge in [0.2, 0.25) is 5.91 Å². The first-order valence-electron chi connectivity index (χ1n) is 11.4. The highest BCUT2D eigenvalue weighted by molar-refractivity contribution is 5.88. The summed E-state index contributed by atoms with van der Waals surface area (Å²) < 4.78 is 5.74. The lowest BCUT2D eigenvalue weighted by atomic mass is 10.0. The minimum atomic E-state index is -0.646. The predicted octanol–water partition coefficient (Wildman–Crippen LogP) is 4.54. The maximum atomic E-state index is 13.4. The van der Waals surface area contributed by atoms with Gasteiger partial charge in [-0.2, -0.15) is 0 Å². The molecule has 5 heteroatoms. The maximum Gasteiger partial charge on any atom is 0.261 e. The topological polar surface area (TPSA) is 58.6 Å². The van der Waals surface area contributed by atoms with Gasteiger partial charge < -0.3 is 15.0 Å². The Hall–Kier alpha value is -3.60. The first-order valence-corrected chi connectivity index (χ1v) is 11.4. The van der Waals surface area contributed by atoms with Crippen LogP contribution in [0.25, 0.3) is 0 Å². The third-order valence-corrected chi connectivity index (χ3v) is 5.40. The van der Waals surface area contributed by atoms with Gasteiger partial charge in [-0.05, 0) is 36.6 Å². The molecule has 0 fully saturated rings. The quantitative estimate of drug-likeness (QED) is 0.472. The number of aryl methyl sites for hydroxylation is 1. The lowest BCUT2D eigenvalue weighted by Crippen LogP contribution is -2.51. The molecule has 0 radical (unpaired) electrons. The molecule has 0 saturated carbocycles. The highest BCUT2D eigenvalue weighted by Gasteiger charge is 2.30. The van der Waals surface area contributed by atoms with Crippen LogP contribution in [0.3, 0.4) is 0 Å². The molecule has 0 bridgehead atoms. The summed E-state index contributed by atoms with van der Waals surface area (Å²) in [5, 5.41) is 2.98. The van der Waals surface area contributed by atoms with Crippen LogP contribution in [0.15, 0.2) is 84.9 Å². The second kappa shape index (κ2) is 12.4. The Labute approximate surface area is 196 Å². The number of nitrogens with one attached hydrogen (secondary N) is 1. The van der Waals surface area contributed by atoms with Crippen LogP contribution >= 0.6 is 0 Å². The second-order valence-corrected chi connectivity index (χ2v) is 8.11. The molecule has 5 nitrogen and oxygen atoms in total. The predicted molar refractivity (Wildman–Crippen MR) is 131 cm³/mol. The van der Waals surface area contributed by atoms with Crippen molar-refractivity contribution in [3.05, 3.63) is 102 Å². The van der Waals surface area contributed by atoms with Crippen molar-refractivity contribution in [2.24, 2.45) is 0 Å². The molecule has 0 aromatic heterocycles. The van der Waals surface area contributed by atoms with Gasteiger partial charge in [0.05, 0.1) is 0 Å². The fourth-order valence-electron chi connectivity index (χ4n) is 3.55. The Morgan fingerprint density at radius 1 is 0.879 bits per heavy atom. The van der Waals surface area contributed by atoms with Crippen molar-refractivity contribution in [2.45, 2.75) is 39.3 Å². The molecule has 0 heterocycles. The molecule has 2 amide bonds. The zero-order chi connectivity index (χ0) is 23.5. The molecule has 0 aliphatic rings. The molecule has 33 heavy (non-hydrogen) atoms. The van der Waals surface area contributed by atoms with E-state index in [4.69, 9.17) is 4.74 Å². The van der Waals surface area contributed by atoms with Crippen LogP contribution in [-0.2, 0) is 22.6 Å². The van der Waals surface area contributed by atoms with E-state index in [-0.39, 0.29) is 18.4 Å². The number of para-hydroxylation sites is 1. The average Bonchev–Trinajstić information content (AvgIpc) is 2.85. The first-order chi connectivity index (χ1) is 16.1. The molecule has 1 atom stereocenters. The van der Waals surface area contributed by atoms with Crippen LogP contribution in [0, 0.1) is 6.92 Å². The molecule has 0 aliphatic carbocycles. The molecule has 3 aromatic carbocycles. The van der Waals surface area contributed by atoms with E-state index < -0.39 is 6.04 Å². The van der Waals surface area contributed by atoms with E-state index in [0.29, 0.717) is 25.3 Å². The monoisotopic (exact) mass is 444 g/mol. The summed E-state index contributed by atoms with van der Waals surface area (Å²) in [4.78, 5) is 28.3. The molecule has 1 N–H and O–H groups in total. The number of hydrogen-bond donors (Lipinski definition) is 1. The number of carbonyl (C=O) groups excluding carboxylic acids is 2. The molecular formula is C28H32N2O3. The standard InChI is InChI=1S/C28H32N2O3/c1-3-18-29-28(32)26(19-23-10-6-4-7-11-23)30(20-24-16-14-22(2)15-17-24)27(31)21-33-25-12-8-5-9-13-25/h4-17,26H,3,18-21H2,1-2H3,(H,29,32)/t26-/m0/s1. The third kappa shape index (κ3) is 7.49. The number of carbonyl (C=O) groups is 2. The summed E-state index contributed by atoms with van der Waals surface area (Å²) in [5.74, 6) is 0.240. The molecule has 3 aromatic rings. The first kappa shape index (κ1) is 24.1. The van der Waals surface area contributed by atoms with E-state index >= 15 is 0 Å². The second-order valence-electron chi connectivity index (χ2n) is 8.11. The minimum absolute atomic E-state index is 0.137. The highest BCUT2D eigenvalue weighted by Crippen LogP contribution is 2.16. The van der Waals surface area contributed by atoms with Crippen molar-refractivity contribution >= 4 is 11.8 Å². The van der Waals surface area contributed by atoms with Crippen molar-refractivity contribution in [3.63, 3.8) is 0 Å². The van der Waals surface area contributed by atoms with E-state index in [1.54, 1.807) is 4.90 Å². The van der Waals surface area contributed by atoms with Crippen LogP contribution < -0.4 is 10.1 Å². The molecule has 0 aliphatic heterocycles.